The van der Waals surface area contributed by atoms with Gasteiger partial charge in [0, 0.05) is 10.4 Å². The van der Waals surface area contributed by atoms with Crippen molar-refractivity contribution >= 4 is 21.8 Å². The SMILES string of the molecule is CC(NC(=O)c1n[nH]c(C2CC2)n1)c1ccc(Br)cc1. The van der Waals surface area contributed by atoms with E-state index in [1.165, 1.54) is 0 Å². The zero-order valence-corrected chi connectivity index (χ0v) is 12.6. The summed E-state index contributed by atoms with van der Waals surface area (Å²) in [6.07, 6.45) is 2.26. The molecule has 5 nitrogen and oxygen atoms in total. The fourth-order valence-corrected chi connectivity index (χ4v) is 2.28. The van der Waals surface area contributed by atoms with E-state index in [2.05, 4.69) is 36.4 Å². The summed E-state index contributed by atoms with van der Waals surface area (Å²) in [6, 6.07) is 7.77. The van der Waals surface area contributed by atoms with Crippen LogP contribution in [0.3, 0.4) is 0 Å². The highest BCUT2D eigenvalue weighted by atomic mass is 79.9. The van der Waals surface area contributed by atoms with Crippen LogP contribution in [-0.4, -0.2) is 21.1 Å². The van der Waals surface area contributed by atoms with E-state index in [0.29, 0.717) is 5.92 Å². The molecule has 1 unspecified atom stereocenters. The van der Waals surface area contributed by atoms with Crippen molar-refractivity contribution in [1.29, 1.82) is 0 Å². The number of aromatic amines is 1. The quantitative estimate of drug-likeness (QED) is 0.902. The van der Waals surface area contributed by atoms with Gasteiger partial charge in [-0.05, 0) is 37.5 Å². The summed E-state index contributed by atoms with van der Waals surface area (Å²) < 4.78 is 1.02. The predicted molar refractivity (Wildman–Crippen MR) is 78.4 cm³/mol. The third-order valence-corrected chi connectivity index (χ3v) is 3.92. The number of halogens is 1. The molecule has 0 bridgehead atoms. The largest absolute Gasteiger partial charge is 0.343 e. The second-order valence-electron chi connectivity index (χ2n) is 5.07. The number of nitrogens with zero attached hydrogens (tertiary/aromatic N) is 2. The maximum Gasteiger partial charge on any atom is 0.291 e. The van der Waals surface area contributed by atoms with Crippen molar-refractivity contribution in [2.24, 2.45) is 0 Å². The number of hydrogen-bond acceptors (Lipinski definition) is 3. The fraction of sp³-hybridized carbons (Fsp3) is 0.357. The predicted octanol–water partition coefficient (Wildman–Crippen LogP) is 2.94. The first-order valence-electron chi connectivity index (χ1n) is 6.62. The maximum atomic E-state index is 12.1. The maximum absolute atomic E-state index is 12.1. The van der Waals surface area contributed by atoms with Crippen LogP contribution in [0.1, 0.15) is 53.7 Å². The standard InChI is InChI=1S/C14H15BrN4O/c1-8(9-4-6-11(15)7-5-9)16-14(20)13-17-12(18-19-13)10-2-3-10/h4-8,10H,2-3H2,1H3,(H,16,20)(H,17,18,19). The summed E-state index contributed by atoms with van der Waals surface area (Å²) in [5.74, 6) is 1.26. The van der Waals surface area contributed by atoms with Gasteiger partial charge in [0.15, 0.2) is 0 Å². The van der Waals surface area contributed by atoms with E-state index in [-0.39, 0.29) is 17.8 Å². The highest BCUT2D eigenvalue weighted by molar-refractivity contribution is 9.10. The summed E-state index contributed by atoms with van der Waals surface area (Å²) in [5, 5.41) is 9.73. The molecule has 1 aromatic heterocycles. The molecule has 2 N–H and O–H groups in total. The molecule has 1 fully saturated rings. The monoisotopic (exact) mass is 334 g/mol. The highest BCUT2D eigenvalue weighted by Gasteiger charge is 2.28. The molecule has 0 spiro atoms. The Morgan fingerprint density at radius 1 is 1.40 bits per heavy atom. The molecule has 1 heterocycles. The molecule has 1 aliphatic carbocycles. The first-order valence-corrected chi connectivity index (χ1v) is 7.41. The number of benzene rings is 1. The van der Waals surface area contributed by atoms with Crippen molar-refractivity contribution in [1.82, 2.24) is 20.5 Å². The first-order chi connectivity index (χ1) is 9.63. The molecular weight excluding hydrogens is 320 g/mol. The van der Waals surface area contributed by atoms with Crippen LogP contribution in [0.15, 0.2) is 28.7 Å². The zero-order valence-electron chi connectivity index (χ0n) is 11.1. The minimum Gasteiger partial charge on any atom is -0.343 e. The van der Waals surface area contributed by atoms with E-state index < -0.39 is 0 Å². The van der Waals surface area contributed by atoms with Crippen LogP contribution in [-0.2, 0) is 0 Å². The second-order valence-corrected chi connectivity index (χ2v) is 5.98. The van der Waals surface area contributed by atoms with E-state index in [1.54, 1.807) is 0 Å². The molecule has 0 aliphatic heterocycles. The summed E-state index contributed by atoms with van der Waals surface area (Å²) in [4.78, 5) is 16.3. The Morgan fingerprint density at radius 2 is 2.10 bits per heavy atom. The number of aromatic nitrogens is 3. The third-order valence-electron chi connectivity index (χ3n) is 3.39. The molecule has 1 amide bonds. The number of hydrogen-bond donors (Lipinski definition) is 2. The molecule has 1 saturated carbocycles. The van der Waals surface area contributed by atoms with Gasteiger partial charge in [-0.3, -0.25) is 9.89 Å². The Bertz CT molecular complexity index is 618. The number of carbonyl (C=O) groups is 1. The third kappa shape index (κ3) is 2.90. The van der Waals surface area contributed by atoms with Crippen LogP contribution in [0, 0.1) is 0 Å². The van der Waals surface area contributed by atoms with Gasteiger partial charge < -0.3 is 5.32 Å². The van der Waals surface area contributed by atoms with Crippen LogP contribution >= 0.6 is 15.9 Å². The number of amides is 1. The zero-order chi connectivity index (χ0) is 14.1. The molecule has 1 aliphatic rings. The molecule has 20 heavy (non-hydrogen) atoms. The lowest BCUT2D eigenvalue weighted by molar-refractivity contribution is 0.0929. The second kappa shape index (κ2) is 5.36. The molecular formula is C14H15BrN4O. The van der Waals surface area contributed by atoms with Gasteiger partial charge in [0.25, 0.3) is 5.91 Å². The minimum atomic E-state index is -0.247. The average Bonchev–Trinajstić information content (AvgIpc) is 3.17. The summed E-state index contributed by atoms with van der Waals surface area (Å²) >= 11 is 3.39. The Morgan fingerprint density at radius 3 is 2.75 bits per heavy atom. The molecule has 0 saturated heterocycles. The van der Waals surface area contributed by atoms with Crippen molar-refractivity contribution in [3.05, 3.63) is 46.0 Å². The normalized spacial score (nSPS) is 15.9. The van der Waals surface area contributed by atoms with Crippen LogP contribution in [0.4, 0.5) is 0 Å². The van der Waals surface area contributed by atoms with Gasteiger partial charge in [0.05, 0.1) is 6.04 Å². The Balaban J connectivity index is 1.66. The van der Waals surface area contributed by atoms with Crippen molar-refractivity contribution < 1.29 is 4.79 Å². The van der Waals surface area contributed by atoms with Gasteiger partial charge in [0.2, 0.25) is 5.82 Å². The average molecular weight is 335 g/mol. The van der Waals surface area contributed by atoms with E-state index in [1.807, 2.05) is 31.2 Å². The van der Waals surface area contributed by atoms with Gasteiger partial charge in [-0.1, -0.05) is 28.1 Å². The molecule has 6 heteroatoms. The van der Waals surface area contributed by atoms with Gasteiger partial charge in [-0.25, -0.2) is 4.98 Å². The van der Waals surface area contributed by atoms with Gasteiger partial charge >= 0.3 is 0 Å². The molecule has 104 valence electrons. The van der Waals surface area contributed by atoms with Crippen molar-refractivity contribution in [3.8, 4) is 0 Å². The first kappa shape index (κ1) is 13.3. The fourth-order valence-electron chi connectivity index (χ4n) is 2.01. The van der Waals surface area contributed by atoms with E-state index in [0.717, 1.165) is 28.7 Å². The number of H-pyrrole nitrogens is 1. The number of nitrogens with one attached hydrogen (secondary N) is 2. The highest BCUT2D eigenvalue weighted by Crippen LogP contribution is 2.37. The Labute approximate surface area is 125 Å². The molecule has 3 rings (SSSR count). The molecule has 2 aromatic rings. The van der Waals surface area contributed by atoms with Crippen LogP contribution < -0.4 is 5.32 Å². The van der Waals surface area contributed by atoms with E-state index >= 15 is 0 Å². The van der Waals surface area contributed by atoms with Crippen molar-refractivity contribution in [3.63, 3.8) is 0 Å². The van der Waals surface area contributed by atoms with Gasteiger partial charge in [-0.15, -0.1) is 5.10 Å². The molecule has 1 atom stereocenters. The Hall–Kier alpha value is -1.69. The number of carbonyl (C=O) groups excluding carboxylic acids is 1. The summed E-state index contributed by atoms with van der Waals surface area (Å²) in [7, 11) is 0. The topological polar surface area (TPSA) is 70.7 Å². The van der Waals surface area contributed by atoms with Crippen LogP contribution in [0.25, 0.3) is 0 Å². The minimum absolute atomic E-state index is 0.0847. The lowest BCUT2D eigenvalue weighted by Gasteiger charge is -2.12. The van der Waals surface area contributed by atoms with Gasteiger partial charge in [0.1, 0.15) is 5.82 Å². The van der Waals surface area contributed by atoms with Crippen molar-refractivity contribution in [2.45, 2.75) is 31.7 Å². The summed E-state index contributed by atoms with van der Waals surface area (Å²) in [5.41, 5.74) is 1.04. The van der Waals surface area contributed by atoms with Crippen LogP contribution in [0.2, 0.25) is 0 Å². The molecule has 0 radical (unpaired) electrons. The number of rotatable bonds is 4. The lowest BCUT2D eigenvalue weighted by Crippen LogP contribution is -2.27. The van der Waals surface area contributed by atoms with Crippen LogP contribution in [0.5, 0.6) is 0 Å². The lowest BCUT2D eigenvalue weighted by atomic mass is 10.1. The summed E-state index contributed by atoms with van der Waals surface area (Å²) in [6.45, 7) is 1.94. The van der Waals surface area contributed by atoms with E-state index in [9.17, 15) is 4.79 Å². The van der Waals surface area contributed by atoms with E-state index in [4.69, 9.17) is 0 Å². The smallest absolute Gasteiger partial charge is 0.291 e. The van der Waals surface area contributed by atoms with Gasteiger partial charge in [-0.2, -0.15) is 0 Å². The Kier molecular flexibility index (Phi) is 3.56. The van der Waals surface area contributed by atoms with Crippen molar-refractivity contribution in [2.75, 3.05) is 0 Å². The molecule has 1 aromatic carbocycles.